The lowest BCUT2D eigenvalue weighted by atomic mass is 10.3. The normalized spacial score (nSPS) is 23.4. The molecule has 4 nitrogen and oxygen atoms in total. The third-order valence-corrected chi connectivity index (χ3v) is 4.34. The summed E-state index contributed by atoms with van der Waals surface area (Å²) in [5.41, 5.74) is 1.14. The van der Waals surface area contributed by atoms with E-state index in [1.165, 1.54) is 0 Å². The average Bonchev–Trinajstić information content (AvgIpc) is 2.78. The maximum atomic E-state index is 5.54. The fraction of sp³-hybridized carbons (Fsp3) is 0.692. The minimum Gasteiger partial charge on any atom is -0.377 e. The van der Waals surface area contributed by atoms with Crippen LogP contribution in [0, 0.1) is 0 Å². The van der Waals surface area contributed by atoms with Crippen molar-refractivity contribution in [2.45, 2.75) is 49.7 Å². The first-order chi connectivity index (χ1) is 8.79. The van der Waals surface area contributed by atoms with E-state index in [0.717, 1.165) is 43.3 Å². The molecule has 1 saturated heterocycles. The quantitative estimate of drug-likeness (QED) is 0.633. The number of hydrogen-bond acceptors (Lipinski definition) is 5. The van der Waals surface area contributed by atoms with Crippen molar-refractivity contribution in [3.05, 3.63) is 18.0 Å². The van der Waals surface area contributed by atoms with E-state index in [-0.39, 0.29) is 0 Å². The molecule has 1 aromatic rings. The maximum Gasteiger partial charge on any atom is 0.187 e. The van der Waals surface area contributed by atoms with Crippen molar-refractivity contribution < 1.29 is 4.74 Å². The van der Waals surface area contributed by atoms with Crippen molar-refractivity contribution >= 4 is 11.8 Å². The second-order valence-corrected chi connectivity index (χ2v) is 5.78. The van der Waals surface area contributed by atoms with Gasteiger partial charge in [0.05, 0.1) is 6.10 Å². The van der Waals surface area contributed by atoms with Gasteiger partial charge in [0.15, 0.2) is 5.16 Å². The van der Waals surface area contributed by atoms with Gasteiger partial charge in [-0.05, 0) is 26.3 Å². The molecule has 1 aliphatic heterocycles. The highest BCUT2D eigenvalue weighted by Crippen LogP contribution is 2.30. The highest BCUT2D eigenvalue weighted by Gasteiger charge is 2.25. The SMILES string of the molecule is CCCNCc1cnc(SC2CCOC2C)nc1. The lowest BCUT2D eigenvalue weighted by molar-refractivity contribution is 0.127. The summed E-state index contributed by atoms with van der Waals surface area (Å²) in [5.74, 6) is 0. The first-order valence-electron chi connectivity index (χ1n) is 6.59. The van der Waals surface area contributed by atoms with Crippen molar-refractivity contribution in [3.8, 4) is 0 Å². The minimum absolute atomic E-state index is 0.310. The number of nitrogens with one attached hydrogen (secondary N) is 1. The largest absolute Gasteiger partial charge is 0.377 e. The molecule has 0 bridgehead atoms. The van der Waals surface area contributed by atoms with Gasteiger partial charge in [-0.3, -0.25) is 0 Å². The fourth-order valence-corrected chi connectivity index (χ4v) is 2.89. The second-order valence-electron chi connectivity index (χ2n) is 4.57. The van der Waals surface area contributed by atoms with Crippen LogP contribution in [0.25, 0.3) is 0 Å². The van der Waals surface area contributed by atoms with E-state index in [9.17, 15) is 0 Å². The molecule has 2 atom stereocenters. The summed E-state index contributed by atoms with van der Waals surface area (Å²) in [7, 11) is 0. The summed E-state index contributed by atoms with van der Waals surface area (Å²) in [5, 5.41) is 4.70. The Hall–Kier alpha value is -0.650. The van der Waals surface area contributed by atoms with Gasteiger partial charge in [-0.25, -0.2) is 9.97 Å². The first kappa shape index (κ1) is 13.8. The number of rotatable bonds is 6. The standard InChI is InChI=1S/C13H21N3OS/c1-3-5-14-7-11-8-15-13(16-9-11)18-12-4-6-17-10(12)2/h8-10,12,14H,3-7H2,1-2H3. The molecule has 5 heteroatoms. The van der Waals surface area contributed by atoms with Gasteiger partial charge in [0.1, 0.15) is 0 Å². The van der Waals surface area contributed by atoms with Crippen molar-refractivity contribution in [1.82, 2.24) is 15.3 Å². The lowest BCUT2D eigenvalue weighted by Crippen LogP contribution is -2.15. The Bertz CT molecular complexity index is 358. The second kappa shape index (κ2) is 7.07. The van der Waals surface area contributed by atoms with Crippen LogP contribution in [0.2, 0.25) is 0 Å². The van der Waals surface area contributed by atoms with Gasteiger partial charge in [0.25, 0.3) is 0 Å². The molecule has 0 radical (unpaired) electrons. The van der Waals surface area contributed by atoms with Gasteiger partial charge >= 0.3 is 0 Å². The highest BCUT2D eigenvalue weighted by atomic mass is 32.2. The van der Waals surface area contributed by atoms with E-state index in [1.54, 1.807) is 11.8 Å². The molecular formula is C13H21N3OS. The van der Waals surface area contributed by atoms with Crippen LogP contribution in [0.3, 0.4) is 0 Å². The van der Waals surface area contributed by atoms with Crippen LogP contribution in [-0.4, -0.2) is 34.5 Å². The monoisotopic (exact) mass is 267 g/mol. The molecule has 18 heavy (non-hydrogen) atoms. The Morgan fingerprint density at radius 3 is 2.83 bits per heavy atom. The van der Waals surface area contributed by atoms with Crippen LogP contribution in [0.15, 0.2) is 17.6 Å². The van der Waals surface area contributed by atoms with E-state index >= 15 is 0 Å². The van der Waals surface area contributed by atoms with Gasteiger partial charge < -0.3 is 10.1 Å². The summed E-state index contributed by atoms with van der Waals surface area (Å²) in [4.78, 5) is 8.82. The van der Waals surface area contributed by atoms with Crippen LogP contribution in [0.1, 0.15) is 32.3 Å². The van der Waals surface area contributed by atoms with Gasteiger partial charge in [0, 0.05) is 36.4 Å². The summed E-state index contributed by atoms with van der Waals surface area (Å²) >= 11 is 1.73. The number of nitrogens with zero attached hydrogens (tertiary/aromatic N) is 2. The minimum atomic E-state index is 0.310. The zero-order valence-corrected chi connectivity index (χ0v) is 11.9. The van der Waals surface area contributed by atoms with E-state index in [0.29, 0.717) is 11.4 Å². The topological polar surface area (TPSA) is 47.0 Å². The van der Waals surface area contributed by atoms with Crippen LogP contribution in [-0.2, 0) is 11.3 Å². The summed E-state index contributed by atoms with van der Waals surface area (Å²) in [6.07, 6.45) is 6.38. The van der Waals surface area contributed by atoms with Crippen molar-refractivity contribution in [2.75, 3.05) is 13.2 Å². The van der Waals surface area contributed by atoms with Gasteiger partial charge in [-0.15, -0.1) is 0 Å². The van der Waals surface area contributed by atoms with E-state index < -0.39 is 0 Å². The fourth-order valence-electron chi connectivity index (χ4n) is 1.91. The number of ether oxygens (including phenoxy) is 1. The third kappa shape index (κ3) is 3.93. The number of hydrogen-bond donors (Lipinski definition) is 1. The van der Waals surface area contributed by atoms with Gasteiger partial charge in [0.2, 0.25) is 0 Å². The third-order valence-electron chi connectivity index (χ3n) is 3.00. The molecule has 2 unspecified atom stereocenters. The molecule has 0 aromatic carbocycles. The van der Waals surface area contributed by atoms with E-state index in [2.05, 4.69) is 29.1 Å². The predicted molar refractivity (Wildman–Crippen MR) is 73.7 cm³/mol. The van der Waals surface area contributed by atoms with Crippen LogP contribution in [0.4, 0.5) is 0 Å². The van der Waals surface area contributed by atoms with Crippen molar-refractivity contribution in [1.29, 1.82) is 0 Å². The van der Waals surface area contributed by atoms with Gasteiger partial charge in [-0.2, -0.15) is 0 Å². The molecular weight excluding hydrogens is 246 g/mol. The predicted octanol–water partition coefficient (Wildman–Crippen LogP) is 2.25. The van der Waals surface area contributed by atoms with E-state index in [4.69, 9.17) is 4.74 Å². The van der Waals surface area contributed by atoms with Crippen molar-refractivity contribution in [2.24, 2.45) is 0 Å². The number of aromatic nitrogens is 2. The Morgan fingerprint density at radius 1 is 1.44 bits per heavy atom. The van der Waals surface area contributed by atoms with Gasteiger partial charge in [-0.1, -0.05) is 18.7 Å². The zero-order chi connectivity index (χ0) is 12.8. The van der Waals surface area contributed by atoms with E-state index in [1.807, 2.05) is 12.4 Å². The van der Waals surface area contributed by atoms with Crippen LogP contribution < -0.4 is 5.32 Å². The molecule has 0 amide bonds. The summed E-state index contributed by atoms with van der Waals surface area (Å²) in [6, 6.07) is 0. The molecule has 0 aliphatic carbocycles. The molecule has 2 heterocycles. The first-order valence-corrected chi connectivity index (χ1v) is 7.47. The Morgan fingerprint density at radius 2 is 2.22 bits per heavy atom. The maximum absolute atomic E-state index is 5.54. The Balaban J connectivity index is 1.83. The molecule has 100 valence electrons. The zero-order valence-electron chi connectivity index (χ0n) is 11.1. The Labute approximate surface area is 113 Å². The average molecular weight is 267 g/mol. The molecule has 1 aliphatic rings. The lowest BCUT2D eigenvalue weighted by Gasteiger charge is -2.12. The molecule has 2 rings (SSSR count). The molecule has 1 fully saturated rings. The molecule has 1 N–H and O–H groups in total. The Kier molecular flexibility index (Phi) is 5.41. The number of thioether (sulfide) groups is 1. The van der Waals surface area contributed by atoms with Crippen LogP contribution in [0.5, 0.6) is 0 Å². The smallest absolute Gasteiger partial charge is 0.187 e. The molecule has 0 spiro atoms. The molecule has 0 saturated carbocycles. The summed E-state index contributed by atoms with van der Waals surface area (Å²) in [6.45, 7) is 7.02. The summed E-state index contributed by atoms with van der Waals surface area (Å²) < 4.78 is 5.54. The van der Waals surface area contributed by atoms with Crippen molar-refractivity contribution in [3.63, 3.8) is 0 Å². The highest BCUT2D eigenvalue weighted by molar-refractivity contribution is 7.99. The molecule has 1 aromatic heterocycles. The van der Waals surface area contributed by atoms with Crippen LogP contribution >= 0.6 is 11.8 Å².